The summed E-state index contributed by atoms with van der Waals surface area (Å²) in [6, 6.07) is 8.31. The zero-order chi connectivity index (χ0) is 19.6. The van der Waals surface area contributed by atoms with Gasteiger partial charge in [0.1, 0.15) is 17.9 Å². The molecule has 7 nitrogen and oxygen atoms in total. The maximum atomic E-state index is 11.6. The quantitative estimate of drug-likeness (QED) is 0.427. The van der Waals surface area contributed by atoms with Gasteiger partial charge in [0.05, 0.1) is 6.54 Å². The van der Waals surface area contributed by atoms with E-state index in [0.717, 1.165) is 50.7 Å². The largest absolute Gasteiger partial charge is 0.512 e. The van der Waals surface area contributed by atoms with Gasteiger partial charge in [-0.1, -0.05) is 18.2 Å². The topological polar surface area (TPSA) is 84.9 Å². The lowest BCUT2D eigenvalue weighted by molar-refractivity contribution is -0.121. The monoisotopic (exact) mass is 374 g/mol. The van der Waals surface area contributed by atoms with Crippen LogP contribution >= 0.6 is 0 Å². The Bertz CT molecular complexity index is 654. The number of likely N-dealkylation sites (tertiary alicyclic amines) is 1. The number of piperidine rings is 1. The number of anilines is 1. The Kier molecular flexibility index (Phi) is 7.98. The number of nitrogens with one attached hydrogen (secondary N) is 2. The summed E-state index contributed by atoms with van der Waals surface area (Å²) in [7, 11) is 1.90. The molecule has 2 rings (SSSR count). The first-order valence-corrected chi connectivity index (χ1v) is 9.38. The van der Waals surface area contributed by atoms with E-state index in [4.69, 9.17) is 0 Å². The smallest absolute Gasteiger partial charge is 0.209 e. The van der Waals surface area contributed by atoms with Crippen molar-refractivity contribution in [3.8, 4) is 0 Å². The Morgan fingerprint density at radius 1 is 1.33 bits per heavy atom. The second kappa shape index (κ2) is 10.4. The number of nitrogens with zero attached hydrogens (tertiary/aromatic N) is 2. The normalized spacial score (nSPS) is 15.3. The van der Waals surface area contributed by atoms with E-state index in [9.17, 15) is 14.7 Å². The molecule has 0 saturated carbocycles. The molecule has 1 aromatic carbocycles. The fourth-order valence-corrected chi connectivity index (χ4v) is 3.45. The molecular weight excluding hydrogens is 344 g/mol. The van der Waals surface area contributed by atoms with Gasteiger partial charge in [0.25, 0.3) is 0 Å². The number of ketones is 1. The van der Waals surface area contributed by atoms with E-state index in [2.05, 4.69) is 16.7 Å². The maximum Gasteiger partial charge on any atom is 0.209 e. The predicted octanol–water partition coefficient (Wildman–Crippen LogP) is 1.73. The lowest BCUT2D eigenvalue weighted by Gasteiger charge is -2.38. The molecule has 7 heteroatoms. The minimum atomic E-state index is 0.0122. The van der Waals surface area contributed by atoms with Gasteiger partial charge in [-0.05, 0) is 37.8 Å². The molecule has 1 fully saturated rings. The van der Waals surface area contributed by atoms with E-state index in [1.54, 1.807) is 0 Å². The van der Waals surface area contributed by atoms with Crippen molar-refractivity contribution in [2.24, 2.45) is 0 Å². The summed E-state index contributed by atoms with van der Waals surface area (Å²) in [4.78, 5) is 26.6. The molecule has 0 bridgehead atoms. The van der Waals surface area contributed by atoms with Gasteiger partial charge in [0, 0.05) is 38.4 Å². The molecule has 0 atom stereocenters. The van der Waals surface area contributed by atoms with Crippen molar-refractivity contribution in [2.45, 2.75) is 32.2 Å². The lowest BCUT2D eigenvalue weighted by Crippen LogP contribution is -2.46. The fraction of sp³-hybridized carbons (Fsp3) is 0.500. The number of carbonyl (C=O) groups is 2. The summed E-state index contributed by atoms with van der Waals surface area (Å²) in [5.41, 5.74) is 2.29. The van der Waals surface area contributed by atoms with Crippen LogP contribution in [0.2, 0.25) is 0 Å². The van der Waals surface area contributed by atoms with E-state index in [0.29, 0.717) is 12.4 Å². The molecule has 1 amide bonds. The number of carbonyl (C=O) groups excluding carboxylic acids is 2. The minimum absolute atomic E-state index is 0.0122. The summed E-state index contributed by atoms with van der Waals surface area (Å²) < 4.78 is 0. The van der Waals surface area contributed by atoms with Gasteiger partial charge >= 0.3 is 0 Å². The zero-order valence-corrected chi connectivity index (χ0v) is 16.1. The van der Waals surface area contributed by atoms with Crippen molar-refractivity contribution in [3.05, 3.63) is 41.9 Å². The molecule has 0 radical (unpaired) electrons. The van der Waals surface area contributed by atoms with Gasteiger partial charge in [-0.2, -0.15) is 0 Å². The summed E-state index contributed by atoms with van der Waals surface area (Å²) >= 11 is 0. The number of aliphatic hydroxyl groups excluding tert-OH is 1. The average Bonchev–Trinajstić information content (AvgIpc) is 2.70. The molecule has 3 N–H and O–H groups in total. The van der Waals surface area contributed by atoms with Crippen LogP contribution in [0.4, 0.5) is 5.69 Å². The maximum absolute atomic E-state index is 11.6. The summed E-state index contributed by atoms with van der Waals surface area (Å²) in [6.07, 6.45) is 4.41. The molecule has 1 aromatic rings. The van der Waals surface area contributed by atoms with Gasteiger partial charge in [0.2, 0.25) is 6.41 Å². The highest BCUT2D eigenvalue weighted by atomic mass is 16.2. The Labute approximate surface area is 161 Å². The van der Waals surface area contributed by atoms with Crippen LogP contribution in [0.15, 0.2) is 36.3 Å². The molecule has 1 saturated heterocycles. The fourth-order valence-electron chi connectivity index (χ4n) is 3.45. The van der Waals surface area contributed by atoms with Crippen LogP contribution in [0, 0.1) is 0 Å². The number of Topliss-reactive ketones (excluding diaryl/α,β-unsaturated/α-hetero) is 1. The van der Waals surface area contributed by atoms with Crippen LogP contribution < -0.4 is 10.6 Å². The molecule has 27 heavy (non-hydrogen) atoms. The molecule has 1 aliphatic heterocycles. The Hall–Kier alpha value is -2.70. The lowest BCUT2D eigenvalue weighted by atomic mass is 10.0. The highest BCUT2D eigenvalue weighted by Gasteiger charge is 2.25. The predicted molar refractivity (Wildman–Crippen MR) is 106 cm³/mol. The molecule has 148 valence electrons. The summed E-state index contributed by atoms with van der Waals surface area (Å²) in [6.45, 7) is 3.82. The van der Waals surface area contributed by atoms with Gasteiger partial charge in [0.15, 0.2) is 0 Å². The third-order valence-corrected chi connectivity index (χ3v) is 4.98. The van der Waals surface area contributed by atoms with Crippen LogP contribution in [-0.2, 0) is 16.0 Å². The molecule has 0 aromatic heterocycles. The van der Waals surface area contributed by atoms with E-state index in [1.807, 2.05) is 35.0 Å². The molecule has 0 unspecified atom stereocenters. The Morgan fingerprint density at radius 2 is 2.04 bits per heavy atom. The second-order valence-corrected chi connectivity index (χ2v) is 6.79. The molecule has 0 spiro atoms. The average molecular weight is 374 g/mol. The van der Waals surface area contributed by atoms with Crippen molar-refractivity contribution < 1.29 is 14.7 Å². The number of aliphatic hydroxyl groups is 1. The van der Waals surface area contributed by atoms with Crippen LogP contribution in [0.3, 0.4) is 0 Å². The standard InChI is InChI=1S/C20H30N4O3/c1-16(27)13-22-20(14-25)23-11-8-18(9-12-23)24(15-26)10-7-17-5-3-4-6-19(17)21-2/h3-6,14-15,18,21-22,25H,7-13H2,1-2H3/b20-14+. The van der Waals surface area contributed by atoms with E-state index in [-0.39, 0.29) is 18.4 Å². The van der Waals surface area contributed by atoms with Crippen molar-refractivity contribution in [1.82, 2.24) is 15.1 Å². The van der Waals surface area contributed by atoms with Crippen molar-refractivity contribution in [1.29, 1.82) is 0 Å². The van der Waals surface area contributed by atoms with Crippen LogP contribution in [0.25, 0.3) is 0 Å². The van der Waals surface area contributed by atoms with E-state index >= 15 is 0 Å². The number of amides is 1. The molecule has 1 aliphatic rings. The first-order valence-electron chi connectivity index (χ1n) is 9.38. The van der Waals surface area contributed by atoms with Crippen LogP contribution in [0.1, 0.15) is 25.3 Å². The minimum Gasteiger partial charge on any atom is -0.512 e. The van der Waals surface area contributed by atoms with Crippen LogP contribution in [-0.4, -0.2) is 66.4 Å². The van der Waals surface area contributed by atoms with E-state index in [1.165, 1.54) is 12.5 Å². The second-order valence-electron chi connectivity index (χ2n) is 6.79. The Balaban J connectivity index is 1.87. The van der Waals surface area contributed by atoms with Crippen molar-refractivity contribution >= 4 is 17.9 Å². The third kappa shape index (κ3) is 5.91. The summed E-state index contributed by atoms with van der Waals surface area (Å²) in [5, 5.41) is 15.6. The van der Waals surface area contributed by atoms with Gasteiger partial charge < -0.3 is 25.5 Å². The number of benzene rings is 1. The first kappa shape index (κ1) is 20.6. The molecule has 0 aliphatic carbocycles. The number of hydrogen-bond acceptors (Lipinski definition) is 6. The number of rotatable bonds is 10. The van der Waals surface area contributed by atoms with Crippen LogP contribution in [0.5, 0.6) is 0 Å². The number of para-hydroxylation sites is 1. The first-order chi connectivity index (χ1) is 13.1. The molecular formula is C20H30N4O3. The third-order valence-electron chi connectivity index (χ3n) is 4.98. The highest BCUT2D eigenvalue weighted by molar-refractivity contribution is 5.77. The van der Waals surface area contributed by atoms with Gasteiger partial charge in [-0.15, -0.1) is 0 Å². The van der Waals surface area contributed by atoms with Crippen molar-refractivity contribution in [3.63, 3.8) is 0 Å². The SMILES string of the molecule is CNc1ccccc1CCN(C=O)C1CCN(/C(=C/O)NCC(C)=O)CC1. The van der Waals surface area contributed by atoms with Gasteiger partial charge in [-0.3, -0.25) is 9.59 Å². The van der Waals surface area contributed by atoms with Crippen molar-refractivity contribution in [2.75, 3.05) is 38.5 Å². The Morgan fingerprint density at radius 3 is 2.63 bits per heavy atom. The van der Waals surface area contributed by atoms with Gasteiger partial charge in [-0.25, -0.2) is 0 Å². The molecule has 1 heterocycles. The zero-order valence-electron chi connectivity index (χ0n) is 16.1. The number of hydrogen-bond donors (Lipinski definition) is 3. The highest BCUT2D eigenvalue weighted by Crippen LogP contribution is 2.20. The van der Waals surface area contributed by atoms with E-state index < -0.39 is 0 Å². The summed E-state index contributed by atoms with van der Waals surface area (Å²) in [5.74, 6) is 0.572.